The fourth-order valence-electron chi connectivity index (χ4n) is 0.900. The van der Waals surface area contributed by atoms with Gasteiger partial charge in [0.1, 0.15) is 0 Å². The molecule has 0 radical (unpaired) electrons. The fourth-order valence-corrected chi connectivity index (χ4v) is 0.989. The summed E-state index contributed by atoms with van der Waals surface area (Å²) < 4.78 is 0. The highest BCUT2D eigenvalue weighted by Gasteiger charge is 1.98. The zero-order valence-electron chi connectivity index (χ0n) is 7.52. The van der Waals surface area contributed by atoms with Crippen LogP contribution in [-0.2, 0) is 0 Å². The topological polar surface area (TPSA) is 25.6 Å². The van der Waals surface area contributed by atoms with Crippen LogP contribution in [0, 0.1) is 0 Å². The first-order valence-corrected chi connectivity index (χ1v) is 4.60. The Balaban J connectivity index is 0. The lowest BCUT2D eigenvalue weighted by atomic mass is 10.1. The Hall–Kier alpha value is -0.0100. The fraction of sp³-hybridized carbons (Fsp3) is 0.667. The Kier molecular flexibility index (Phi) is 13.3. The van der Waals surface area contributed by atoms with Crippen LogP contribution in [0.4, 0.5) is 0 Å². The van der Waals surface area contributed by atoms with Gasteiger partial charge in [0.05, 0.1) is 0 Å². The van der Waals surface area contributed by atoms with Gasteiger partial charge in [-0.25, -0.2) is 0 Å². The monoisotopic (exact) mass is 209 g/mol. The first kappa shape index (κ1) is 14.5. The average Bonchev–Trinajstić information content (AvgIpc) is 2.01. The second-order valence-corrected chi connectivity index (χ2v) is 2.93. The Morgan fingerprint density at radius 2 is 2.08 bits per heavy atom. The minimum Gasteiger partial charge on any atom is -1.00 e. The molecule has 2 N–H and O–H groups in total. The molecule has 1 nitrogen and oxygen atoms in total. The quantitative estimate of drug-likeness (QED) is 0.426. The van der Waals surface area contributed by atoms with Crippen LogP contribution in [0.15, 0.2) is 11.6 Å². The zero-order valence-corrected chi connectivity index (χ0v) is 9.04. The van der Waals surface area contributed by atoms with Gasteiger partial charge in [-0.15, -0.1) is 0 Å². The van der Waals surface area contributed by atoms with E-state index in [4.69, 9.17) is 17.0 Å². The molecule has 72 valence electrons. The summed E-state index contributed by atoms with van der Waals surface area (Å²) >= 11 is 5.36. The highest BCUT2D eigenvalue weighted by atomic mass is 35.5. The Bertz CT molecular complexity index is 132. The van der Waals surface area contributed by atoms with Crippen molar-refractivity contribution in [2.75, 3.05) is 0 Å². The van der Waals surface area contributed by atoms with Crippen molar-refractivity contribution in [1.82, 2.24) is 0 Å². The van der Waals surface area contributed by atoms with E-state index < -0.39 is 0 Å². The van der Waals surface area contributed by atoms with Gasteiger partial charge >= 0.3 is 0 Å². The van der Waals surface area contributed by atoms with Crippen LogP contribution >= 0.6 is 11.6 Å². The molecule has 0 saturated heterocycles. The number of rotatable bonds is 6. The standard InChI is InChI=1S/C9H16ClN.ClH/c1-2-3-4-6-9(11)7-5-8-10;/h5,8,11H,2-4,6-7H2,1H3;1H. The molecule has 0 unspecified atom stereocenters. The number of hydrogen-bond acceptors (Lipinski definition) is 0. The lowest BCUT2D eigenvalue weighted by molar-refractivity contribution is -0.118. The van der Waals surface area contributed by atoms with Crippen molar-refractivity contribution >= 4 is 17.3 Å². The van der Waals surface area contributed by atoms with E-state index >= 15 is 0 Å². The van der Waals surface area contributed by atoms with Crippen LogP contribution in [0.25, 0.3) is 0 Å². The summed E-state index contributed by atoms with van der Waals surface area (Å²) in [5.41, 5.74) is 2.56. The van der Waals surface area contributed by atoms with E-state index in [2.05, 4.69) is 6.92 Å². The molecule has 0 fully saturated rings. The maximum Gasteiger partial charge on any atom is 0.152 e. The molecule has 0 aromatic heterocycles. The normalized spacial score (nSPS) is 9.83. The van der Waals surface area contributed by atoms with Gasteiger partial charge in [0.25, 0.3) is 0 Å². The average molecular weight is 210 g/mol. The predicted molar refractivity (Wildman–Crippen MR) is 50.7 cm³/mol. The van der Waals surface area contributed by atoms with Gasteiger partial charge in [-0.05, 0) is 6.42 Å². The molecule has 0 spiro atoms. The highest BCUT2D eigenvalue weighted by molar-refractivity contribution is 6.25. The molecule has 0 amide bonds. The molecule has 0 aromatic rings. The molecule has 0 rings (SSSR count). The third-order valence-corrected chi connectivity index (χ3v) is 1.75. The van der Waals surface area contributed by atoms with E-state index in [0.717, 1.165) is 18.6 Å². The maximum absolute atomic E-state index is 5.71. The summed E-state index contributed by atoms with van der Waals surface area (Å²) in [7, 11) is 0. The second-order valence-electron chi connectivity index (χ2n) is 2.68. The smallest absolute Gasteiger partial charge is 0.152 e. The van der Waals surface area contributed by atoms with E-state index in [0.29, 0.717) is 0 Å². The largest absolute Gasteiger partial charge is 1.00 e. The van der Waals surface area contributed by atoms with Crippen LogP contribution in [0.3, 0.4) is 0 Å². The Morgan fingerprint density at radius 1 is 1.42 bits per heavy atom. The molecule has 0 aliphatic carbocycles. The van der Waals surface area contributed by atoms with Gasteiger partial charge in [0.15, 0.2) is 5.71 Å². The zero-order chi connectivity index (χ0) is 8.53. The highest BCUT2D eigenvalue weighted by Crippen LogP contribution is 2.00. The summed E-state index contributed by atoms with van der Waals surface area (Å²) in [6.07, 6.45) is 7.47. The summed E-state index contributed by atoms with van der Waals surface area (Å²) in [6, 6.07) is 0. The molecular weight excluding hydrogens is 193 g/mol. The van der Waals surface area contributed by atoms with Crippen molar-refractivity contribution < 1.29 is 17.8 Å². The number of allylic oxidation sites excluding steroid dienone is 1. The van der Waals surface area contributed by atoms with E-state index in [1.807, 2.05) is 6.08 Å². The maximum atomic E-state index is 5.71. The van der Waals surface area contributed by atoms with Gasteiger partial charge < -0.3 is 12.4 Å². The number of nitrogens with two attached hydrogens (primary N) is 1. The minimum atomic E-state index is 0. The molecule has 12 heavy (non-hydrogen) atoms. The van der Waals surface area contributed by atoms with E-state index in [1.54, 1.807) is 0 Å². The van der Waals surface area contributed by atoms with Crippen LogP contribution in [0.2, 0.25) is 0 Å². The van der Waals surface area contributed by atoms with E-state index in [-0.39, 0.29) is 12.4 Å². The minimum absolute atomic E-state index is 0. The van der Waals surface area contributed by atoms with Crippen LogP contribution in [-0.4, -0.2) is 5.71 Å². The summed E-state index contributed by atoms with van der Waals surface area (Å²) in [5.74, 6) is 0. The van der Waals surface area contributed by atoms with Gasteiger partial charge in [0, 0.05) is 18.4 Å². The number of hydrogen-bond donors (Lipinski definition) is 1. The molecule has 0 atom stereocenters. The van der Waals surface area contributed by atoms with Crippen molar-refractivity contribution in [3.05, 3.63) is 11.6 Å². The van der Waals surface area contributed by atoms with Crippen LogP contribution in [0.5, 0.6) is 0 Å². The Morgan fingerprint density at radius 3 is 2.58 bits per heavy atom. The van der Waals surface area contributed by atoms with Gasteiger partial charge in [0.2, 0.25) is 0 Å². The molecule has 0 aliphatic heterocycles. The van der Waals surface area contributed by atoms with Crippen LogP contribution < -0.4 is 17.8 Å². The van der Waals surface area contributed by atoms with Crippen molar-refractivity contribution in [2.24, 2.45) is 0 Å². The summed E-state index contributed by atoms with van der Waals surface area (Å²) in [6.45, 7) is 2.19. The molecule has 0 aliphatic rings. The molecular formula is C9H17Cl2N. The van der Waals surface area contributed by atoms with Crippen LogP contribution in [0.1, 0.15) is 39.0 Å². The molecule has 0 heterocycles. The lowest BCUT2D eigenvalue weighted by Gasteiger charge is -1.93. The number of unbranched alkanes of at least 4 members (excludes halogenated alkanes) is 2. The molecule has 0 aromatic carbocycles. The Labute approximate surface area is 86.1 Å². The molecule has 0 saturated carbocycles. The third-order valence-electron chi connectivity index (χ3n) is 1.57. The molecule has 0 bridgehead atoms. The van der Waals surface area contributed by atoms with Gasteiger partial charge in [-0.3, -0.25) is 5.41 Å². The van der Waals surface area contributed by atoms with Crippen molar-refractivity contribution in [1.29, 1.82) is 0 Å². The van der Waals surface area contributed by atoms with E-state index in [9.17, 15) is 0 Å². The SMILES string of the molecule is CCCCCC(=[NH2+])CC=CCl.[Cl-]. The first-order valence-electron chi connectivity index (χ1n) is 4.16. The van der Waals surface area contributed by atoms with Gasteiger partial charge in [-0.2, -0.15) is 0 Å². The van der Waals surface area contributed by atoms with Crippen molar-refractivity contribution in [3.63, 3.8) is 0 Å². The van der Waals surface area contributed by atoms with Crippen molar-refractivity contribution in [2.45, 2.75) is 39.0 Å². The molecule has 3 heteroatoms. The van der Waals surface area contributed by atoms with Crippen molar-refractivity contribution in [3.8, 4) is 0 Å². The van der Waals surface area contributed by atoms with E-state index in [1.165, 1.54) is 24.8 Å². The number of halogens is 2. The summed E-state index contributed by atoms with van der Waals surface area (Å²) in [5, 5.41) is 5.71. The van der Waals surface area contributed by atoms with Gasteiger partial charge in [-0.1, -0.05) is 37.4 Å². The second kappa shape index (κ2) is 11.0. The summed E-state index contributed by atoms with van der Waals surface area (Å²) in [4.78, 5) is 0. The first-order chi connectivity index (χ1) is 5.31. The lowest BCUT2D eigenvalue weighted by Crippen LogP contribution is -3.00. The predicted octanol–water partition coefficient (Wildman–Crippen LogP) is -1.09. The third kappa shape index (κ3) is 9.99.